The minimum absolute atomic E-state index is 0.131. The van der Waals surface area contributed by atoms with Crippen LogP contribution in [0.1, 0.15) is 12.5 Å². The zero-order valence-electron chi connectivity index (χ0n) is 9.02. The van der Waals surface area contributed by atoms with E-state index in [0.717, 1.165) is 12.1 Å². The molecule has 1 aliphatic rings. The fraction of sp³-hybridized carbons (Fsp3) is 0.500. The van der Waals surface area contributed by atoms with Gasteiger partial charge in [0.2, 0.25) is 0 Å². The molecule has 1 aromatic carbocycles. The molecule has 1 unspecified atom stereocenters. The third kappa shape index (κ3) is 2.29. The number of para-hydroxylation sites is 1. The van der Waals surface area contributed by atoms with E-state index in [1.165, 1.54) is 17.2 Å². The fourth-order valence-corrected chi connectivity index (χ4v) is 3.02. The summed E-state index contributed by atoms with van der Waals surface area (Å²) in [5.74, 6) is 2.36. The van der Waals surface area contributed by atoms with E-state index in [2.05, 4.69) is 17.9 Å². The van der Waals surface area contributed by atoms with Crippen LogP contribution in [-0.2, 0) is 6.61 Å². The van der Waals surface area contributed by atoms with E-state index in [0.29, 0.717) is 6.04 Å². The van der Waals surface area contributed by atoms with Crippen molar-refractivity contribution in [1.29, 1.82) is 0 Å². The van der Waals surface area contributed by atoms with Gasteiger partial charge in [-0.25, -0.2) is 0 Å². The first-order valence-electron chi connectivity index (χ1n) is 5.36. The van der Waals surface area contributed by atoms with Crippen molar-refractivity contribution in [1.82, 2.24) is 0 Å². The van der Waals surface area contributed by atoms with Crippen molar-refractivity contribution in [3.63, 3.8) is 0 Å². The lowest BCUT2D eigenvalue weighted by Gasteiger charge is -2.36. The molecule has 1 aromatic rings. The van der Waals surface area contributed by atoms with Crippen LogP contribution in [0.2, 0.25) is 0 Å². The molecule has 15 heavy (non-hydrogen) atoms. The highest BCUT2D eigenvalue weighted by atomic mass is 32.2. The molecule has 0 spiro atoms. The first-order valence-corrected chi connectivity index (χ1v) is 6.51. The summed E-state index contributed by atoms with van der Waals surface area (Å²) >= 11 is 2.01. The predicted molar refractivity (Wildman–Crippen MR) is 66.5 cm³/mol. The van der Waals surface area contributed by atoms with Crippen LogP contribution in [0.4, 0.5) is 5.69 Å². The topological polar surface area (TPSA) is 23.5 Å². The molecule has 1 fully saturated rings. The highest BCUT2D eigenvalue weighted by molar-refractivity contribution is 7.99. The Morgan fingerprint density at radius 2 is 2.27 bits per heavy atom. The van der Waals surface area contributed by atoms with Crippen molar-refractivity contribution in [2.24, 2.45) is 0 Å². The normalized spacial score (nSPS) is 21.7. The molecule has 0 radical (unpaired) electrons. The van der Waals surface area contributed by atoms with Crippen molar-refractivity contribution in [3.05, 3.63) is 29.8 Å². The Bertz CT molecular complexity index is 329. The number of hydrogen-bond acceptors (Lipinski definition) is 3. The van der Waals surface area contributed by atoms with Gasteiger partial charge >= 0.3 is 0 Å². The van der Waals surface area contributed by atoms with E-state index in [-0.39, 0.29) is 6.61 Å². The number of aliphatic hydroxyl groups is 1. The molecule has 82 valence electrons. The summed E-state index contributed by atoms with van der Waals surface area (Å²) in [4.78, 5) is 2.40. The molecule has 3 heteroatoms. The maximum atomic E-state index is 9.30. The first-order chi connectivity index (χ1) is 7.33. The maximum absolute atomic E-state index is 9.30. The largest absolute Gasteiger partial charge is 0.392 e. The molecule has 1 aliphatic heterocycles. The molecule has 0 aliphatic carbocycles. The molecule has 1 atom stereocenters. The minimum Gasteiger partial charge on any atom is -0.392 e. The molecular formula is C12H17NOS. The van der Waals surface area contributed by atoms with Crippen LogP contribution in [-0.4, -0.2) is 29.2 Å². The molecule has 0 amide bonds. The van der Waals surface area contributed by atoms with E-state index in [1.54, 1.807) is 0 Å². The molecule has 0 bridgehead atoms. The molecule has 0 saturated carbocycles. The average molecular weight is 223 g/mol. The van der Waals surface area contributed by atoms with Gasteiger partial charge < -0.3 is 10.0 Å². The van der Waals surface area contributed by atoms with E-state index in [4.69, 9.17) is 0 Å². The monoisotopic (exact) mass is 223 g/mol. The number of rotatable bonds is 2. The zero-order valence-corrected chi connectivity index (χ0v) is 9.83. The number of anilines is 1. The molecule has 1 saturated heterocycles. The third-order valence-corrected chi connectivity index (χ3v) is 4.03. The number of hydrogen-bond donors (Lipinski definition) is 1. The van der Waals surface area contributed by atoms with Gasteiger partial charge in [0.1, 0.15) is 0 Å². The van der Waals surface area contributed by atoms with Crippen LogP contribution in [0.3, 0.4) is 0 Å². The Morgan fingerprint density at radius 1 is 1.47 bits per heavy atom. The van der Waals surface area contributed by atoms with Gasteiger partial charge in [-0.15, -0.1) is 0 Å². The lowest BCUT2D eigenvalue weighted by molar-refractivity contribution is 0.282. The van der Waals surface area contributed by atoms with Gasteiger partial charge in [-0.2, -0.15) is 11.8 Å². The van der Waals surface area contributed by atoms with Crippen LogP contribution in [0.25, 0.3) is 0 Å². The number of nitrogens with zero attached hydrogens (tertiary/aromatic N) is 1. The third-order valence-electron chi connectivity index (χ3n) is 2.84. The van der Waals surface area contributed by atoms with Gasteiger partial charge in [0.25, 0.3) is 0 Å². The van der Waals surface area contributed by atoms with Crippen LogP contribution >= 0.6 is 11.8 Å². The van der Waals surface area contributed by atoms with Crippen molar-refractivity contribution < 1.29 is 5.11 Å². The molecule has 2 rings (SSSR count). The highest BCUT2D eigenvalue weighted by Gasteiger charge is 2.20. The Labute approximate surface area is 95.3 Å². The van der Waals surface area contributed by atoms with Gasteiger partial charge in [0, 0.05) is 35.3 Å². The predicted octanol–water partition coefficient (Wildman–Crippen LogP) is 2.12. The minimum atomic E-state index is 0.131. The van der Waals surface area contributed by atoms with Crippen molar-refractivity contribution in [3.8, 4) is 0 Å². The highest BCUT2D eigenvalue weighted by Crippen LogP contribution is 2.26. The van der Waals surface area contributed by atoms with Crippen molar-refractivity contribution >= 4 is 17.4 Å². The number of thioether (sulfide) groups is 1. The van der Waals surface area contributed by atoms with Gasteiger partial charge in [-0.05, 0) is 13.0 Å². The van der Waals surface area contributed by atoms with Gasteiger partial charge in [0.15, 0.2) is 0 Å². The summed E-state index contributed by atoms with van der Waals surface area (Å²) in [7, 11) is 0. The van der Waals surface area contributed by atoms with Crippen LogP contribution < -0.4 is 4.90 Å². The van der Waals surface area contributed by atoms with E-state index < -0.39 is 0 Å². The van der Waals surface area contributed by atoms with E-state index in [9.17, 15) is 5.11 Å². The standard InChI is InChI=1S/C12H17NOS/c1-10-9-15-7-6-13(10)12-5-3-2-4-11(12)8-14/h2-5,10,14H,6-9H2,1H3. The fourth-order valence-electron chi connectivity index (χ4n) is 2.01. The second kappa shape index (κ2) is 4.90. The summed E-state index contributed by atoms with van der Waals surface area (Å²) in [5, 5.41) is 9.30. The Balaban J connectivity index is 2.26. The summed E-state index contributed by atoms with van der Waals surface area (Å²) in [6.45, 7) is 3.47. The van der Waals surface area contributed by atoms with Gasteiger partial charge in [-0.3, -0.25) is 0 Å². The van der Waals surface area contributed by atoms with Gasteiger partial charge in [-0.1, -0.05) is 18.2 Å². The lowest BCUT2D eigenvalue weighted by atomic mass is 10.1. The zero-order chi connectivity index (χ0) is 10.7. The molecule has 0 aromatic heterocycles. The Morgan fingerprint density at radius 3 is 3.00 bits per heavy atom. The summed E-state index contributed by atoms with van der Waals surface area (Å²) in [6.07, 6.45) is 0. The molecular weight excluding hydrogens is 206 g/mol. The second-order valence-electron chi connectivity index (χ2n) is 3.90. The van der Waals surface area contributed by atoms with Crippen molar-refractivity contribution in [2.45, 2.75) is 19.6 Å². The Kier molecular flexibility index (Phi) is 3.54. The number of aliphatic hydroxyl groups excluding tert-OH is 1. The van der Waals surface area contributed by atoms with Crippen LogP contribution in [0, 0.1) is 0 Å². The summed E-state index contributed by atoms with van der Waals surface area (Å²) in [6, 6.07) is 8.71. The molecule has 2 nitrogen and oxygen atoms in total. The first kappa shape index (κ1) is 10.8. The summed E-state index contributed by atoms with van der Waals surface area (Å²) < 4.78 is 0. The van der Waals surface area contributed by atoms with E-state index >= 15 is 0 Å². The lowest BCUT2D eigenvalue weighted by Crippen LogP contribution is -2.40. The summed E-state index contributed by atoms with van der Waals surface area (Å²) in [5.41, 5.74) is 2.24. The number of benzene rings is 1. The van der Waals surface area contributed by atoms with Crippen LogP contribution in [0.15, 0.2) is 24.3 Å². The van der Waals surface area contributed by atoms with Crippen LogP contribution in [0.5, 0.6) is 0 Å². The quantitative estimate of drug-likeness (QED) is 0.831. The molecule has 1 N–H and O–H groups in total. The second-order valence-corrected chi connectivity index (χ2v) is 5.05. The van der Waals surface area contributed by atoms with E-state index in [1.807, 2.05) is 30.0 Å². The smallest absolute Gasteiger partial charge is 0.0702 e. The molecule has 1 heterocycles. The maximum Gasteiger partial charge on any atom is 0.0702 e. The van der Waals surface area contributed by atoms with Crippen molar-refractivity contribution in [2.75, 3.05) is 23.0 Å². The Hall–Kier alpha value is -0.670. The average Bonchev–Trinajstić information content (AvgIpc) is 2.30. The van der Waals surface area contributed by atoms with Gasteiger partial charge in [0.05, 0.1) is 6.61 Å². The SMILES string of the molecule is CC1CSCCN1c1ccccc1CO.